The SMILES string of the molecule is COc1ccc(NC(=O)NCCCOC2CCCCC2)c([N+](=O)[O-])c1. The van der Waals surface area contributed by atoms with E-state index < -0.39 is 11.0 Å². The summed E-state index contributed by atoms with van der Waals surface area (Å²) in [5, 5.41) is 16.3. The molecule has 0 atom stereocenters. The number of methoxy groups -OCH3 is 1. The van der Waals surface area contributed by atoms with Crippen molar-refractivity contribution in [2.45, 2.75) is 44.6 Å². The lowest BCUT2D eigenvalue weighted by Crippen LogP contribution is -2.30. The first-order valence-electron chi connectivity index (χ1n) is 8.59. The summed E-state index contributed by atoms with van der Waals surface area (Å²) in [5.74, 6) is 0.359. The number of nitro groups is 1. The summed E-state index contributed by atoms with van der Waals surface area (Å²) in [6, 6.07) is 3.79. The van der Waals surface area contributed by atoms with Crippen molar-refractivity contribution in [1.29, 1.82) is 0 Å². The zero-order valence-electron chi connectivity index (χ0n) is 14.5. The number of amides is 2. The van der Waals surface area contributed by atoms with Gasteiger partial charge in [-0.25, -0.2) is 4.79 Å². The third-order valence-corrected chi connectivity index (χ3v) is 4.16. The molecule has 0 spiro atoms. The number of ether oxygens (including phenoxy) is 2. The van der Waals surface area contributed by atoms with E-state index in [1.807, 2.05) is 0 Å². The zero-order valence-corrected chi connectivity index (χ0v) is 14.5. The number of rotatable bonds is 8. The average Bonchev–Trinajstić information content (AvgIpc) is 2.62. The van der Waals surface area contributed by atoms with Crippen molar-refractivity contribution < 1.29 is 19.2 Å². The standard InChI is InChI=1S/C17H25N3O5/c1-24-14-8-9-15(16(12-14)20(22)23)19-17(21)18-10-5-11-25-13-6-3-2-4-7-13/h8-9,12-13H,2-7,10-11H2,1H3,(H2,18,19,21). The first kappa shape index (κ1) is 19.0. The summed E-state index contributed by atoms with van der Waals surface area (Å²) in [5.41, 5.74) is -0.0862. The summed E-state index contributed by atoms with van der Waals surface area (Å²) in [4.78, 5) is 22.4. The third-order valence-electron chi connectivity index (χ3n) is 4.16. The van der Waals surface area contributed by atoms with Crippen molar-refractivity contribution in [2.75, 3.05) is 25.6 Å². The van der Waals surface area contributed by atoms with E-state index in [0.717, 1.165) is 12.8 Å². The number of hydrogen-bond acceptors (Lipinski definition) is 5. The lowest BCUT2D eigenvalue weighted by atomic mass is 9.98. The number of urea groups is 1. The van der Waals surface area contributed by atoms with Gasteiger partial charge in [0.05, 0.1) is 24.2 Å². The molecular weight excluding hydrogens is 326 g/mol. The van der Waals surface area contributed by atoms with Crippen molar-refractivity contribution >= 4 is 17.4 Å². The molecule has 2 amide bonds. The van der Waals surface area contributed by atoms with Crippen LogP contribution in [0.2, 0.25) is 0 Å². The Morgan fingerprint density at radius 3 is 2.76 bits per heavy atom. The van der Waals surface area contributed by atoms with E-state index in [1.54, 1.807) is 6.07 Å². The Hall–Kier alpha value is -2.35. The van der Waals surface area contributed by atoms with Gasteiger partial charge >= 0.3 is 6.03 Å². The molecule has 0 radical (unpaired) electrons. The molecule has 8 nitrogen and oxygen atoms in total. The number of carbonyl (C=O) groups is 1. The van der Waals surface area contributed by atoms with Crippen LogP contribution in [-0.2, 0) is 4.74 Å². The van der Waals surface area contributed by atoms with Crippen LogP contribution in [0.1, 0.15) is 38.5 Å². The topological polar surface area (TPSA) is 103 Å². The maximum atomic E-state index is 11.9. The Morgan fingerprint density at radius 1 is 1.32 bits per heavy atom. The highest BCUT2D eigenvalue weighted by Crippen LogP contribution is 2.28. The summed E-state index contributed by atoms with van der Waals surface area (Å²) < 4.78 is 10.7. The summed E-state index contributed by atoms with van der Waals surface area (Å²) in [6.07, 6.45) is 7.04. The van der Waals surface area contributed by atoms with Gasteiger partial charge in [-0.3, -0.25) is 10.1 Å². The van der Waals surface area contributed by atoms with Gasteiger partial charge in [-0.2, -0.15) is 0 Å². The second kappa shape index (κ2) is 9.83. The number of nitro benzene ring substituents is 1. The van der Waals surface area contributed by atoms with Crippen LogP contribution in [0.4, 0.5) is 16.2 Å². The molecule has 1 saturated carbocycles. The molecule has 0 heterocycles. The number of benzene rings is 1. The predicted molar refractivity (Wildman–Crippen MR) is 94.1 cm³/mol. The fourth-order valence-electron chi connectivity index (χ4n) is 2.82. The molecule has 1 aromatic carbocycles. The lowest BCUT2D eigenvalue weighted by molar-refractivity contribution is -0.384. The number of carbonyl (C=O) groups excluding carboxylic acids is 1. The fourth-order valence-corrected chi connectivity index (χ4v) is 2.82. The van der Waals surface area contributed by atoms with Gasteiger partial charge in [0.25, 0.3) is 5.69 Å². The smallest absolute Gasteiger partial charge is 0.319 e. The third kappa shape index (κ3) is 6.22. The molecule has 2 N–H and O–H groups in total. The molecule has 0 saturated heterocycles. The number of anilines is 1. The van der Waals surface area contributed by atoms with Crippen LogP contribution in [0.3, 0.4) is 0 Å². The first-order valence-corrected chi connectivity index (χ1v) is 8.59. The van der Waals surface area contributed by atoms with Crippen LogP contribution in [0, 0.1) is 10.1 Å². The Balaban J connectivity index is 1.72. The zero-order chi connectivity index (χ0) is 18.1. The lowest BCUT2D eigenvalue weighted by Gasteiger charge is -2.21. The molecule has 0 aromatic heterocycles. The maximum absolute atomic E-state index is 11.9. The van der Waals surface area contributed by atoms with E-state index in [2.05, 4.69) is 10.6 Å². The maximum Gasteiger partial charge on any atom is 0.319 e. The molecule has 1 aliphatic carbocycles. The summed E-state index contributed by atoms with van der Waals surface area (Å²) in [6.45, 7) is 1.05. The molecule has 0 unspecified atom stereocenters. The van der Waals surface area contributed by atoms with E-state index in [1.165, 1.54) is 38.5 Å². The van der Waals surface area contributed by atoms with E-state index >= 15 is 0 Å². The van der Waals surface area contributed by atoms with Gasteiger partial charge in [-0.15, -0.1) is 0 Å². The molecule has 2 rings (SSSR count). The van der Waals surface area contributed by atoms with Crippen LogP contribution < -0.4 is 15.4 Å². The van der Waals surface area contributed by atoms with Gasteiger partial charge in [0, 0.05) is 13.2 Å². The van der Waals surface area contributed by atoms with E-state index in [4.69, 9.17) is 9.47 Å². The van der Waals surface area contributed by atoms with Gasteiger partial charge < -0.3 is 20.1 Å². The number of nitrogens with zero attached hydrogens (tertiary/aromatic N) is 1. The van der Waals surface area contributed by atoms with Gasteiger partial charge in [0.2, 0.25) is 0 Å². The predicted octanol–water partition coefficient (Wildman–Crippen LogP) is 3.46. The number of hydrogen-bond donors (Lipinski definition) is 2. The van der Waals surface area contributed by atoms with E-state index in [9.17, 15) is 14.9 Å². The number of nitrogens with one attached hydrogen (secondary N) is 2. The van der Waals surface area contributed by atoms with Crippen LogP contribution in [-0.4, -0.2) is 37.3 Å². The van der Waals surface area contributed by atoms with Gasteiger partial charge in [0.15, 0.2) is 0 Å². The minimum absolute atomic E-state index is 0.127. The Morgan fingerprint density at radius 2 is 2.08 bits per heavy atom. The average molecular weight is 351 g/mol. The molecular formula is C17H25N3O5. The highest BCUT2D eigenvalue weighted by Gasteiger charge is 2.17. The van der Waals surface area contributed by atoms with Gasteiger partial charge in [0.1, 0.15) is 11.4 Å². The van der Waals surface area contributed by atoms with Crippen molar-refractivity contribution in [3.05, 3.63) is 28.3 Å². The molecule has 1 fully saturated rings. The second-order valence-corrected chi connectivity index (χ2v) is 6.01. The van der Waals surface area contributed by atoms with Crippen molar-refractivity contribution in [3.8, 4) is 5.75 Å². The molecule has 8 heteroatoms. The van der Waals surface area contributed by atoms with Crippen LogP contribution in [0.25, 0.3) is 0 Å². The van der Waals surface area contributed by atoms with Crippen LogP contribution in [0.5, 0.6) is 5.75 Å². The molecule has 138 valence electrons. The van der Waals surface area contributed by atoms with Gasteiger partial charge in [-0.1, -0.05) is 19.3 Å². The minimum atomic E-state index is -0.559. The minimum Gasteiger partial charge on any atom is -0.496 e. The van der Waals surface area contributed by atoms with E-state index in [0.29, 0.717) is 31.4 Å². The largest absolute Gasteiger partial charge is 0.496 e. The fraction of sp³-hybridized carbons (Fsp3) is 0.588. The van der Waals surface area contributed by atoms with Crippen LogP contribution in [0.15, 0.2) is 18.2 Å². The Kier molecular flexibility index (Phi) is 7.46. The molecule has 25 heavy (non-hydrogen) atoms. The summed E-state index contributed by atoms with van der Waals surface area (Å²) in [7, 11) is 1.42. The van der Waals surface area contributed by atoms with Crippen LogP contribution >= 0.6 is 0 Å². The molecule has 0 bridgehead atoms. The molecule has 1 aromatic rings. The molecule has 1 aliphatic rings. The Labute approximate surface area is 147 Å². The van der Waals surface area contributed by atoms with Crippen molar-refractivity contribution in [1.82, 2.24) is 5.32 Å². The van der Waals surface area contributed by atoms with Gasteiger partial charge in [-0.05, 0) is 31.4 Å². The highest BCUT2D eigenvalue weighted by molar-refractivity contribution is 5.91. The normalized spacial score (nSPS) is 14.8. The first-order chi connectivity index (χ1) is 12.1. The van der Waals surface area contributed by atoms with Crippen molar-refractivity contribution in [3.63, 3.8) is 0 Å². The molecule has 0 aliphatic heterocycles. The monoisotopic (exact) mass is 351 g/mol. The summed E-state index contributed by atoms with van der Waals surface area (Å²) >= 11 is 0. The second-order valence-electron chi connectivity index (χ2n) is 6.01. The highest BCUT2D eigenvalue weighted by atomic mass is 16.6. The Bertz CT molecular complexity index is 588. The van der Waals surface area contributed by atoms with Crippen molar-refractivity contribution in [2.24, 2.45) is 0 Å². The quantitative estimate of drug-likeness (QED) is 0.424. The van der Waals surface area contributed by atoms with E-state index in [-0.39, 0.29) is 11.4 Å².